The number of carbonyl (C=O) groups excluding carboxylic acids is 1. The van der Waals surface area contributed by atoms with Crippen LogP contribution in [0.2, 0.25) is 0 Å². The number of hydrogen-bond donors (Lipinski definition) is 5. The van der Waals surface area contributed by atoms with E-state index in [9.17, 15) is 14.4 Å². The number of aliphatic carboxylic acids is 2. The minimum atomic E-state index is -2.27. The summed E-state index contributed by atoms with van der Waals surface area (Å²) < 4.78 is 5.24. The summed E-state index contributed by atoms with van der Waals surface area (Å²) in [5, 5.41) is 32.5. The van der Waals surface area contributed by atoms with Crippen LogP contribution >= 0.6 is 0 Å². The van der Waals surface area contributed by atoms with Crippen molar-refractivity contribution in [1.29, 1.82) is 0 Å². The van der Waals surface area contributed by atoms with E-state index in [1.165, 1.54) is 6.20 Å². The van der Waals surface area contributed by atoms with Crippen molar-refractivity contribution in [2.45, 2.75) is 58.0 Å². The molecule has 0 bridgehead atoms. The van der Waals surface area contributed by atoms with Gasteiger partial charge in [-0.1, -0.05) is 6.92 Å². The lowest BCUT2D eigenvalue weighted by atomic mass is 10.1. The number of aliphatic hydroxyl groups excluding tert-OH is 2. The van der Waals surface area contributed by atoms with Gasteiger partial charge in [0, 0.05) is 12.2 Å². The van der Waals surface area contributed by atoms with Crippen molar-refractivity contribution in [2.75, 3.05) is 0 Å². The second-order valence-corrected chi connectivity index (χ2v) is 6.55. The van der Waals surface area contributed by atoms with Crippen LogP contribution in [0.4, 0.5) is 0 Å². The van der Waals surface area contributed by atoms with Crippen molar-refractivity contribution in [3.8, 4) is 0 Å². The first-order valence-corrected chi connectivity index (χ1v) is 8.06. The summed E-state index contributed by atoms with van der Waals surface area (Å²) in [6.45, 7) is 7.49. The number of aliphatic hydroxyl groups is 2. The van der Waals surface area contributed by atoms with Gasteiger partial charge in [-0.3, -0.25) is 4.98 Å². The molecule has 0 aliphatic rings. The molecule has 27 heavy (non-hydrogen) atoms. The number of nitrogens with zero attached hydrogens (tertiary/aromatic N) is 1. The van der Waals surface area contributed by atoms with E-state index in [0.29, 0.717) is 5.56 Å². The van der Waals surface area contributed by atoms with Crippen molar-refractivity contribution < 1.29 is 39.5 Å². The quantitative estimate of drug-likeness (QED) is 0.427. The predicted octanol–water partition coefficient (Wildman–Crippen LogP) is 0.324. The lowest BCUT2D eigenvalue weighted by Gasteiger charge is -2.19. The fraction of sp³-hybridized carbons (Fsp3) is 0.529. The van der Waals surface area contributed by atoms with Crippen molar-refractivity contribution in [3.63, 3.8) is 0 Å². The van der Waals surface area contributed by atoms with Crippen molar-refractivity contribution >= 4 is 17.9 Å². The molecule has 10 heteroatoms. The molecule has 0 aromatic carbocycles. The normalized spacial score (nSPS) is 14.2. The zero-order valence-electron chi connectivity index (χ0n) is 15.6. The molecule has 1 heterocycles. The van der Waals surface area contributed by atoms with Crippen LogP contribution in [0.25, 0.3) is 0 Å². The number of carboxylic acid groups (broad SMARTS) is 2. The van der Waals surface area contributed by atoms with Gasteiger partial charge in [0.15, 0.2) is 12.2 Å². The first kappa shape index (κ1) is 24.4. The van der Waals surface area contributed by atoms with Gasteiger partial charge in [-0.05, 0) is 39.3 Å². The lowest BCUT2D eigenvalue weighted by molar-refractivity contribution is -0.165. The first-order valence-electron chi connectivity index (χ1n) is 8.06. The Kier molecular flexibility index (Phi) is 9.55. The Morgan fingerprint density at radius 1 is 1.11 bits per heavy atom. The maximum absolute atomic E-state index is 11.7. The number of carbonyl (C=O) groups is 3. The minimum Gasteiger partial charge on any atom is -0.479 e. The molecule has 1 aromatic heterocycles. The second kappa shape index (κ2) is 10.6. The summed E-state index contributed by atoms with van der Waals surface area (Å²) in [7, 11) is 0. The summed E-state index contributed by atoms with van der Waals surface area (Å²) in [5.41, 5.74) is 6.60. The third-order valence-corrected chi connectivity index (χ3v) is 3.05. The van der Waals surface area contributed by atoms with Gasteiger partial charge in [-0.2, -0.15) is 0 Å². The zero-order chi connectivity index (χ0) is 21.4. The fourth-order valence-corrected chi connectivity index (χ4v) is 1.56. The number of esters is 1. The van der Waals surface area contributed by atoms with E-state index in [0.717, 1.165) is 12.1 Å². The highest BCUT2D eigenvalue weighted by Gasteiger charge is 2.29. The molecule has 152 valence electrons. The molecule has 10 nitrogen and oxygen atoms in total. The average molecular weight is 386 g/mol. The number of nitrogens with two attached hydrogens (primary N) is 1. The Bertz CT molecular complexity index is 621. The van der Waals surface area contributed by atoms with Crippen LogP contribution in [0.15, 0.2) is 18.3 Å². The summed E-state index contributed by atoms with van der Waals surface area (Å²) in [5.74, 6) is -3.90. The average Bonchev–Trinajstić information content (AvgIpc) is 2.58. The summed E-state index contributed by atoms with van der Waals surface area (Å²) in [6, 6.07) is 3.39. The van der Waals surface area contributed by atoms with Gasteiger partial charge in [-0.25, -0.2) is 14.4 Å². The van der Waals surface area contributed by atoms with Gasteiger partial charge in [0.25, 0.3) is 0 Å². The van der Waals surface area contributed by atoms with E-state index in [4.69, 9.17) is 30.9 Å². The topological polar surface area (TPSA) is 180 Å². The summed E-state index contributed by atoms with van der Waals surface area (Å²) in [4.78, 5) is 35.4. The Labute approximate surface area is 156 Å². The minimum absolute atomic E-state index is 0.0808. The van der Waals surface area contributed by atoms with Crippen LogP contribution < -0.4 is 5.73 Å². The Morgan fingerprint density at radius 3 is 1.89 bits per heavy atom. The van der Waals surface area contributed by atoms with Crippen LogP contribution in [0.3, 0.4) is 0 Å². The van der Waals surface area contributed by atoms with E-state index >= 15 is 0 Å². The smallest absolute Gasteiger partial charge is 0.340 e. The Morgan fingerprint density at radius 2 is 1.59 bits per heavy atom. The number of aromatic nitrogens is 1. The highest BCUT2D eigenvalue weighted by Crippen LogP contribution is 2.14. The van der Waals surface area contributed by atoms with Gasteiger partial charge in [0.1, 0.15) is 5.60 Å². The van der Waals surface area contributed by atoms with E-state index in [-0.39, 0.29) is 12.0 Å². The molecular formula is C17H26N2O8. The Balaban J connectivity index is 0.000000580. The van der Waals surface area contributed by atoms with Gasteiger partial charge >= 0.3 is 17.9 Å². The summed E-state index contributed by atoms with van der Waals surface area (Å²) >= 11 is 0. The maximum atomic E-state index is 11.7. The monoisotopic (exact) mass is 386 g/mol. The molecule has 3 atom stereocenters. The van der Waals surface area contributed by atoms with E-state index in [2.05, 4.69) is 4.98 Å². The molecule has 2 unspecified atom stereocenters. The predicted molar refractivity (Wildman–Crippen MR) is 93.9 cm³/mol. The molecule has 0 spiro atoms. The second-order valence-electron chi connectivity index (χ2n) is 6.55. The molecule has 0 saturated heterocycles. The number of rotatable bonds is 6. The molecule has 0 amide bonds. The zero-order valence-corrected chi connectivity index (χ0v) is 15.6. The largest absolute Gasteiger partial charge is 0.479 e. The van der Waals surface area contributed by atoms with Gasteiger partial charge < -0.3 is 30.9 Å². The molecule has 6 N–H and O–H groups in total. The molecule has 0 radical (unpaired) electrons. The molecule has 0 aliphatic heterocycles. The highest BCUT2D eigenvalue weighted by molar-refractivity contribution is 5.89. The molecule has 1 rings (SSSR count). The number of pyridine rings is 1. The van der Waals surface area contributed by atoms with Crippen LogP contribution in [0, 0.1) is 0 Å². The first-order chi connectivity index (χ1) is 12.3. The van der Waals surface area contributed by atoms with Gasteiger partial charge in [-0.15, -0.1) is 0 Å². The summed E-state index contributed by atoms with van der Waals surface area (Å²) in [6.07, 6.45) is -2.20. The third-order valence-electron chi connectivity index (χ3n) is 3.05. The Hall–Kier alpha value is -2.56. The number of hydrogen-bond acceptors (Lipinski definition) is 8. The van der Waals surface area contributed by atoms with E-state index in [1.807, 2.05) is 27.7 Å². The van der Waals surface area contributed by atoms with Crippen molar-refractivity contribution in [1.82, 2.24) is 4.98 Å². The van der Waals surface area contributed by atoms with Crippen LogP contribution in [-0.2, 0) is 14.3 Å². The van der Waals surface area contributed by atoms with Crippen LogP contribution in [-0.4, -0.2) is 61.1 Å². The molecule has 0 saturated carbocycles. The van der Waals surface area contributed by atoms with Crippen molar-refractivity contribution in [2.24, 2.45) is 5.73 Å². The maximum Gasteiger partial charge on any atom is 0.340 e. The van der Waals surface area contributed by atoms with E-state index in [1.54, 1.807) is 12.1 Å². The highest BCUT2D eigenvalue weighted by atomic mass is 16.6. The molecular weight excluding hydrogens is 360 g/mol. The number of ether oxygens (including phenoxy) is 1. The SMILES string of the molecule is CC[C@@H](N)c1ccc(C(=O)OC(C)(C)C)cn1.O=C(O)C(O)C(O)C(=O)O. The molecule has 0 fully saturated rings. The fourth-order valence-electron chi connectivity index (χ4n) is 1.56. The van der Waals surface area contributed by atoms with Crippen LogP contribution in [0.5, 0.6) is 0 Å². The molecule has 0 aliphatic carbocycles. The standard InChI is InChI=1S/C13H20N2O2.C4H6O6/c1-5-10(14)11-7-6-9(8-15-11)12(16)17-13(2,3)4;5-1(3(7)8)2(6)4(9)10/h6-8,10H,5,14H2,1-4H3;1-2,5-6H,(H,7,8)(H,9,10)/t10-;/m1./s1. The van der Waals surface area contributed by atoms with Gasteiger partial charge in [0.2, 0.25) is 0 Å². The molecule has 1 aromatic rings. The third kappa shape index (κ3) is 9.08. The lowest BCUT2D eigenvalue weighted by Crippen LogP contribution is -2.39. The number of carboxylic acids is 2. The van der Waals surface area contributed by atoms with Crippen LogP contribution in [0.1, 0.15) is 56.2 Å². The van der Waals surface area contributed by atoms with Crippen molar-refractivity contribution in [3.05, 3.63) is 29.6 Å². The van der Waals surface area contributed by atoms with Gasteiger partial charge in [0.05, 0.1) is 11.3 Å². The van der Waals surface area contributed by atoms with E-state index < -0.39 is 29.7 Å².